The average molecular weight is 358 g/mol. The minimum absolute atomic E-state index is 0.0377. The van der Waals surface area contributed by atoms with E-state index in [1.807, 2.05) is 24.3 Å². The molecule has 0 unspecified atom stereocenters. The molecule has 2 aromatic rings. The SMILES string of the molecule is O=C(O)c1cn(CCNc2ccc(I)cc2)nn1. The van der Waals surface area contributed by atoms with Crippen molar-refractivity contribution in [3.05, 3.63) is 39.7 Å². The van der Waals surface area contributed by atoms with Crippen LogP contribution in [0.25, 0.3) is 0 Å². The van der Waals surface area contributed by atoms with Crippen molar-refractivity contribution in [3.63, 3.8) is 0 Å². The van der Waals surface area contributed by atoms with Crippen molar-refractivity contribution < 1.29 is 9.90 Å². The van der Waals surface area contributed by atoms with Gasteiger partial charge in [0.1, 0.15) is 0 Å². The van der Waals surface area contributed by atoms with Crippen molar-refractivity contribution in [2.45, 2.75) is 6.54 Å². The summed E-state index contributed by atoms with van der Waals surface area (Å²) in [6.45, 7) is 1.22. The summed E-state index contributed by atoms with van der Waals surface area (Å²) < 4.78 is 2.68. The van der Waals surface area contributed by atoms with Crippen molar-refractivity contribution in [2.75, 3.05) is 11.9 Å². The molecule has 1 heterocycles. The molecule has 0 spiro atoms. The van der Waals surface area contributed by atoms with Gasteiger partial charge < -0.3 is 10.4 Å². The van der Waals surface area contributed by atoms with Gasteiger partial charge >= 0.3 is 5.97 Å². The molecule has 0 aliphatic rings. The van der Waals surface area contributed by atoms with E-state index in [4.69, 9.17) is 5.11 Å². The lowest BCUT2D eigenvalue weighted by Gasteiger charge is -2.05. The van der Waals surface area contributed by atoms with Crippen molar-refractivity contribution in [1.29, 1.82) is 0 Å². The summed E-state index contributed by atoms with van der Waals surface area (Å²) in [5.74, 6) is -1.06. The Morgan fingerprint density at radius 2 is 2.11 bits per heavy atom. The predicted molar refractivity (Wildman–Crippen MR) is 74.6 cm³/mol. The van der Waals surface area contributed by atoms with Crippen LogP contribution in [0.5, 0.6) is 0 Å². The molecule has 1 aromatic carbocycles. The number of hydrogen-bond donors (Lipinski definition) is 2. The number of carbonyl (C=O) groups is 1. The molecule has 2 rings (SSSR count). The lowest BCUT2D eigenvalue weighted by Crippen LogP contribution is -2.11. The van der Waals surface area contributed by atoms with E-state index in [9.17, 15) is 4.79 Å². The molecule has 7 heteroatoms. The van der Waals surface area contributed by atoms with E-state index >= 15 is 0 Å². The van der Waals surface area contributed by atoms with Gasteiger partial charge in [-0.05, 0) is 46.9 Å². The fourth-order valence-electron chi connectivity index (χ4n) is 1.39. The van der Waals surface area contributed by atoms with Crippen LogP contribution in [0, 0.1) is 3.57 Å². The van der Waals surface area contributed by atoms with Gasteiger partial charge in [0, 0.05) is 15.8 Å². The van der Waals surface area contributed by atoms with E-state index in [1.54, 1.807) is 0 Å². The number of halogens is 1. The van der Waals surface area contributed by atoms with Crippen molar-refractivity contribution >= 4 is 34.2 Å². The van der Waals surface area contributed by atoms with Crippen LogP contribution in [0.2, 0.25) is 0 Å². The maximum atomic E-state index is 10.6. The quantitative estimate of drug-likeness (QED) is 0.796. The largest absolute Gasteiger partial charge is 0.476 e. The molecule has 2 N–H and O–H groups in total. The summed E-state index contributed by atoms with van der Waals surface area (Å²) in [7, 11) is 0. The van der Waals surface area contributed by atoms with Gasteiger partial charge in [0.05, 0.1) is 12.7 Å². The number of rotatable bonds is 5. The maximum absolute atomic E-state index is 10.6. The van der Waals surface area contributed by atoms with Crippen LogP contribution in [0.1, 0.15) is 10.5 Å². The zero-order chi connectivity index (χ0) is 13.0. The lowest BCUT2D eigenvalue weighted by molar-refractivity contribution is 0.0690. The molecule has 0 amide bonds. The van der Waals surface area contributed by atoms with Crippen LogP contribution < -0.4 is 5.32 Å². The molecular weight excluding hydrogens is 347 g/mol. The predicted octanol–water partition coefficient (Wildman–Crippen LogP) is 1.69. The second-order valence-corrected chi connectivity index (χ2v) is 4.85. The molecular formula is C11H11IN4O2. The Hall–Kier alpha value is -1.64. The van der Waals surface area contributed by atoms with Gasteiger partial charge in [-0.2, -0.15) is 0 Å². The van der Waals surface area contributed by atoms with Gasteiger partial charge in [0.25, 0.3) is 0 Å². The van der Waals surface area contributed by atoms with Crippen LogP contribution in [0.3, 0.4) is 0 Å². The Morgan fingerprint density at radius 1 is 1.39 bits per heavy atom. The number of anilines is 1. The minimum atomic E-state index is -1.06. The highest BCUT2D eigenvalue weighted by atomic mass is 127. The maximum Gasteiger partial charge on any atom is 0.358 e. The third kappa shape index (κ3) is 3.42. The highest BCUT2D eigenvalue weighted by molar-refractivity contribution is 14.1. The molecule has 0 atom stereocenters. The van der Waals surface area contributed by atoms with Gasteiger partial charge in [-0.25, -0.2) is 9.48 Å². The van der Waals surface area contributed by atoms with Crippen LogP contribution in [-0.2, 0) is 6.54 Å². The van der Waals surface area contributed by atoms with E-state index in [0.29, 0.717) is 13.1 Å². The van der Waals surface area contributed by atoms with Gasteiger partial charge in [-0.15, -0.1) is 5.10 Å². The molecule has 1 aromatic heterocycles. The molecule has 0 aliphatic carbocycles. The molecule has 0 bridgehead atoms. The zero-order valence-electron chi connectivity index (χ0n) is 9.38. The molecule has 6 nitrogen and oxygen atoms in total. The summed E-state index contributed by atoms with van der Waals surface area (Å²) in [4.78, 5) is 10.6. The summed E-state index contributed by atoms with van der Waals surface area (Å²) >= 11 is 2.25. The fraction of sp³-hybridized carbons (Fsp3) is 0.182. The van der Waals surface area contributed by atoms with E-state index in [2.05, 4.69) is 38.2 Å². The minimum Gasteiger partial charge on any atom is -0.476 e. The summed E-state index contributed by atoms with van der Waals surface area (Å²) in [6.07, 6.45) is 1.41. The second kappa shape index (κ2) is 5.80. The molecule has 94 valence electrons. The van der Waals surface area contributed by atoms with Crippen molar-refractivity contribution in [1.82, 2.24) is 15.0 Å². The Balaban J connectivity index is 1.84. The van der Waals surface area contributed by atoms with Crippen LogP contribution in [0.4, 0.5) is 5.69 Å². The number of nitrogens with zero attached hydrogens (tertiary/aromatic N) is 3. The Labute approximate surface area is 117 Å². The molecule has 0 aliphatic heterocycles. The number of benzene rings is 1. The fourth-order valence-corrected chi connectivity index (χ4v) is 1.75. The molecule has 18 heavy (non-hydrogen) atoms. The molecule has 0 fully saturated rings. The third-order valence-electron chi connectivity index (χ3n) is 2.27. The van der Waals surface area contributed by atoms with Gasteiger partial charge in [0.2, 0.25) is 0 Å². The van der Waals surface area contributed by atoms with E-state index in [-0.39, 0.29) is 5.69 Å². The smallest absolute Gasteiger partial charge is 0.358 e. The first kappa shape index (κ1) is 12.8. The van der Waals surface area contributed by atoms with Crippen LogP contribution in [0.15, 0.2) is 30.5 Å². The summed E-state index contributed by atoms with van der Waals surface area (Å²) in [5, 5.41) is 19.2. The Morgan fingerprint density at radius 3 is 2.72 bits per heavy atom. The molecule has 0 radical (unpaired) electrons. The molecule has 0 saturated heterocycles. The van der Waals surface area contributed by atoms with E-state index in [1.165, 1.54) is 14.4 Å². The number of nitrogens with one attached hydrogen (secondary N) is 1. The van der Waals surface area contributed by atoms with Gasteiger partial charge in [-0.3, -0.25) is 0 Å². The van der Waals surface area contributed by atoms with Crippen LogP contribution >= 0.6 is 22.6 Å². The highest BCUT2D eigenvalue weighted by Gasteiger charge is 2.07. The first-order valence-electron chi connectivity index (χ1n) is 5.28. The average Bonchev–Trinajstić information content (AvgIpc) is 2.81. The number of hydrogen-bond acceptors (Lipinski definition) is 4. The topological polar surface area (TPSA) is 80.0 Å². The second-order valence-electron chi connectivity index (χ2n) is 3.61. The first-order chi connectivity index (χ1) is 8.65. The number of carboxylic acid groups (broad SMARTS) is 1. The Bertz CT molecular complexity index is 538. The summed E-state index contributed by atoms with van der Waals surface area (Å²) in [5.41, 5.74) is 0.984. The van der Waals surface area contributed by atoms with Gasteiger partial charge in [0.15, 0.2) is 5.69 Å². The number of aromatic nitrogens is 3. The first-order valence-corrected chi connectivity index (χ1v) is 6.36. The standard InChI is InChI=1S/C11H11IN4O2/c12-8-1-3-9(4-2-8)13-5-6-16-7-10(11(17)18)14-15-16/h1-4,7,13H,5-6H2,(H,17,18). The normalized spacial score (nSPS) is 10.3. The van der Waals surface area contributed by atoms with E-state index in [0.717, 1.165) is 5.69 Å². The van der Waals surface area contributed by atoms with Crippen LogP contribution in [-0.4, -0.2) is 32.6 Å². The summed E-state index contributed by atoms with van der Waals surface area (Å²) in [6, 6.07) is 8.01. The van der Waals surface area contributed by atoms with Gasteiger partial charge in [-0.1, -0.05) is 5.21 Å². The monoisotopic (exact) mass is 358 g/mol. The lowest BCUT2D eigenvalue weighted by atomic mass is 10.3. The number of aromatic carboxylic acids is 1. The zero-order valence-corrected chi connectivity index (χ0v) is 11.5. The number of carboxylic acids is 1. The Kier molecular flexibility index (Phi) is 4.13. The van der Waals surface area contributed by atoms with E-state index < -0.39 is 5.97 Å². The highest BCUT2D eigenvalue weighted by Crippen LogP contribution is 2.10. The van der Waals surface area contributed by atoms with Crippen molar-refractivity contribution in [3.8, 4) is 0 Å². The van der Waals surface area contributed by atoms with Crippen molar-refractivity contribution in [2.24, 2.45) is 0 Å². The third-order valence-corrected chi connectivity index (χ3v) is 2.99. The molecule has 0 saturated carbocycles.